The molecule has 1 N–H and O–H groups in total. The van der Waals surface area contributed by atoms with Gasteiger partial charge in [0.1, 0.15) is 0 Å². The summed E-state index contributed by atoms with van der Waals surface area (Å²) in [4.78, 5) is 14.6. The molecular weight excluding hydrogens is 469 g/mol. The number of nitrogens with one attached hydrogen (secondary N) is 1. The summed E-state index contributed by atoms with van der Waals surface area (Å²) >= 11 is 0. The maximum Gasteiger partial charge on any atom is 0.471 e. The second kappa shape index (κ2) is 8.31. The smallest absolute Gasteiger partial charge is 0.368 e. The Kier molecular flexibility index (Phi) is 5.56. The van der Waals surface area contributed by atoms with Crippen LogP contribution in [0.1, 0.15) is 11.1 Å². The van der Waals surface area contributed by atoms with E-state index in [-0.39, 0.29) is 24.4 Å². The zero-order valence-electron chi connectivity index (χ0n) is 18.2. The predicted octanol–water partition coefficient (Wildman–Crippen LogP) is 2.73. The van der Waals surface area contributed by atoms with E-state index in [0.29, 0.717) is 16.0 Å². The highest BCUT2D eigenvalue weighted by Gasteiger charge is 2.43. The average molecular weight is 493 g/mol. The Morgan fingerprint density at radius 2 is 1.74 bits per heavy atom. The van der Waals surface area contributed by atoms with Crippen molar-refractivity contribution >= 4 is 32.5 Å². The normalized spacial score (nSPS) is 17.1. The fraction of sp³-hybridized carbons (Fsp3) is 0.348. The second-order valence-electron chi connectivity index (χ2n) is 8.47. The lowest BCUT2D eigenvalue weighted by atomic mass is 10.00. The highest BCUT2D eigenvalue weighted by molar-refractivity contribution is 7.90. The van der Waals surface area contributed by atoms with Gasteiger partial charge >= 0.3 is 12.1 Å². The van der Waals surface area contributed by atoms with Crippen molar-refractivity contribution in [3.8, 4) is 0 Å². The van der Waals surface area contributed by atoms with E-state index in [1.807, 2.05) is 12.1 Å². The number of carbonyl (C=O) groups excluding carboxylic acids is 1. The summed E-state index contributed by atoms with van der Waals surface area (Å²) < 4.78 is 66.9. The molecule has 0 aliphatic carbocycles. The zero-order valence-corrected chi connectivity index (χ0v) is 19.0. The van der Waals surface area contributed by atoms with Gasteiger partial charge < -0.3 is 15.1 Å². The maximum atomic E-state index is 13.5. The molecule has 180 valence electrons. The first-order valence-electron chi connectivity index (χ1n) is 11.0. The monoisotopic (exact) mass is 492 g/mol. The summed E-state index contributed by atoms with van der Waals surface area (Å²) in [6, 6.07) is 11.8. The molecule has 0 atom stereocenters. The predicted molar refractivity (Wildman–Crippen MR) is 121 cm³/mol. The summed E-state index contributed by atoms with van der Waals surface area (Å²) in [6.45, 7) is 2.98. The standard InChI is InChI=1S/C23H23F3N4O3S/c24-23(25,26)22(31)29-10-6-16-4-5-18(14-17(16)15-29)34(32,33)30-11-7-19-20(2-1-3-21(19)30)28-12-8-27-9-13-28/h1-5,7,11,14,27H,6,8-10,12-13,15H2. The molecule has 1 fully saturated rings. The fourth-order valence-electron chi connectivity index (χ4n) is 4.68. The van der Waals surface area contributed by atoms with Crippen molar-refractivity contribution in [1.29, 1.82) is 0 Å². The average Bonchev–Trinajstić information content (AvgIpc) is 3.28. The van der Waals surface area contributed by atoms with E-state index in [1.54, 1.807) is 18.2 Å². The van der Waals surface area contributed by atoms with Gasteiger partial charge in [-0.2, -0.15) is 13.2 Å². The van der Waals surface area contributed by atoms with Crippen LogP contribution in [0.25, 0.3) is 10.9 Å². The van der Waals surface area contributed by atoms with Gasteiger partial charge in [0.2, 0.25) is 0 Å². The second-order valence-corrected chi connectivity index (χ2v) is 10.3. The van der Waals surface area contributed by atoms with E-state index in [1.165, 1.54) is 22.3 Å². The summed E-state index contributed by atoms with van der Waals surface area (Å²) in [5, 5.41) is 4.11. The van der Waals surface area contributed by atoms with Gasteiger partial charge in [0.15, 0.2) is 0 Å². The number of halogens is 3. The molecular formula is C23H23F3N4O3S. The molecule has 2 aliphatic rings. The Morgan fingerprint density at radius 1 is 0.971 bits per heavy atom. The molecule has 3 heterocycles. The molecule has 11 heteroatoms. The topological polar surface area (TPSA) is 74.7 Å². The van der Waals surface area contributed by atoms with Crippen LogP contribution in [0, 0.1) is 0 Å². The highest BCUT2D eigenvalue weighted by atomic mass is 32.2. The number of hydrogen-bond donors (Lipinski definition) is 1. The van der Waals surface area contributed by atoms with Crippen molar-refractivity contribution in [3.05, 3.63) is 59.8 Å². The Bertz CT molecular complexity index is 1360. The largest absolute Gasteiger partial charge is 0.471 e. The molecule has 34 heavy (non-hydrogen) atoms. The molecule has 2 aromatic carbocycles. The number of piperazine rings is 1. The lowest BCUT2D eigenvalue weighted by Crippen LogP contribution is -2.43. The van der Waals surface area contributed by atoms with E-state index < -0.39 is 22.1 Å². The first-order valence-corrected chi connectivity index (χ1v) is 12.4. The third kappa shape index (κ3) is 3.92. The number of rotatable bonds is 3. The van der Waals surface area contributed by atoms with Crippen LogP contribution in [0.3, 0.4) is 0 Å². The Hall–Kier alpha value is -3.05. The zero-order chi connectivity index (χ0) is 24.1. The van der Waals surface area contributed by atoms with Gasteiger partial charge in [-0.3, -0.25) is 4.79 Å². The molecule has 0 bridgehead atoms. The van der Waals surface area contributed by atoms with Crippen molar-refractivity contribution in [1.82, 2.24) is 14.2 Å². The van der Waals surface area contributed by atoms with Gasteiger partial charge in [-0.1, -0.05) is 12.1 Å². The molecule has 0 radical (unpaired) electrons. The molecule has 2 aliphatic heterocycles. The van der Waals surface area contributed by atoms with E-state index >= 15 is 0 Å². The minimum absolute atomic E-state index is 0.0300. The molecule has 1 amide bonds. The van der Waals surface area contributed by atoms with Crippen LogP contribution in [0.15, 0.2) is 53.6 Å². The fourth-order valence-corrected chi connectivity index (χ4v) is 6.08. The van der Waals surface area contributed by atoms with Crippen LogP contribution in [0.2, 0.25) is 0 Å². The van der Waals surface area contributed by atoms with Gasteiger partial charge in [0.05, 0.1) is 10.4 Å². The van der Waals surface area contributed by atoms with Crippen LogP contribution in [0.5, 0.6) is 0 Å². The highest BCUT2D eigenvalue weighted by Crippen LogP contribution is 2.32. The summed E-state index contributed by atoms with van der Waals surface area (Å²) in [7, 11) is -4.01. The molecule has 1 aromatic heterocycles. The number of hydrogen-bond acceptors (Lipinski definition) is 5. The van der Waals surface area contributed by atoms with E-state index in [9.17, 15) is 26.4 Å². The first-order chi connectivity index (χ1) is 16.2. The molecule has 0 unspecified atom stereocenters. The minimum Gasteiger partial charge on any atom is -0.368 e. The Labute approximate surface area is 194 Å². The number of anilines is 1. The molecule has 0 spiro atoms. The van der Waals surface area contributed by atoms with Crippen molar-refractivity contribution in [3.63, 3.8) is 0 Å². The Balaban J connectivity index is 1.50. The number of aromatic nitrogens is 1. The van der Waals surface area contributed by atoms with Crippen molar-refractivity contribution in [2.45, 2.75) is 24.0 Å². The van der Waals surface area contributed by atoms with Crippen molar-refractivity contribution in [2.75, 3.05) is 37.6 Å². The molecule has 5 rings (SSSR count). The summed E-state index contributed by atoms with van der Waals surface area (Å²) in [5.74, 6) is -1.91. The maximum absolute atomic E-state index is 13.5. The number of fused-ring (bicyclic) bond motifs is 2. The minimum atomic E-state index is -4.96. The van der Waals surface area contributed by atoms with Gasteiger partial charge in [0, 0.05) is 56.5 Å². The Morgan fingerprint density at radius 3 is 2.47 bits per heavy atom. The van der Waals surface area contributed by atoms with Crippen LogP contribution in [0.4, 0.5) is 18.9 Å². The quantitative estimate of drug-likeness (QED) is 0.609. The van der Waals surface area contributed by atoms with E-state index in [4.69, 9.17) is 0 Å². The van der Waals surface area contributed by atoms with E-state index in [2.05, 4.69) is 10.2 Å². The van der Waals surface area contributed by atoms with Gasteiger partial charge in [-0.15, -0.1) is 0 Å². The molecule has 1 saturated heterocycles. The van der Waals surface area contributed by atoms with Crippen molar-refractivity contribution < 1.29 is 26.4 Å². The lowest BCUT2D eigenvalue weighted by Gasteiger charge is -2.30. The molecule has 7 nitrogen and oxygen atoms in total. The first kappa shape index (κ1) is 22.7. The third-order valence-electron chi connectivity index (χ3n) is 6.41. The summed E-state index contributed by atoms with van der Waals surface area (Å²) in [6.07, 6.45) is -3.23. The van der Waals surface area contributed by atoms with Crippen LogP contribution in [-0.4, -0.2) is 62.1 Å². The van der Waals surface area contributed by atoms with Crippen LogP contribution in [-0.2, 0) is 27.8 Å². The van der Waals surface area contributed by atoms with Gasteiger partial charge in [-0.25, -0.2) is 12.4 Å². The number of alkyl halides is 3. The number of nitrogens with zero attached hydrogens (tertiary/aromatic N) is 3. The lowest BCUT2D eigenvalue weighted by molar-refractivity contribution is -0.186. The SMILES string of the molecule is O=C(N1CCc2ccc(S(=O)(=O)n3ccc4c(N5CCNCC5)cccc43)cc2C1)C(F)(F)F. The molecule has 0 saturated carbocycles. The van der Waals surface area contributed by atoms with Crippen LogP contribution < -0.4 is 10.2 Å². The van der Waals surface area contributed by atoms with Crippen molar-refractivity contribution in [2.24, 2.45) is 0 Å². The van der Waals surface area contributed by atoms with Crippen LogP contribution >= 0.6 is 0 Å². The summed E-state index contributed by atoms with van der Waals surface area (Å²) in [5.41, 5.74) is 2.63. The number of amides is 1. The third-order valence-corrected chi connectivity index (χ3v) is 8.09. The van der Waals surface area contributed by atoms with Gasteiger partial charge in [-0.05, 0) is 47.9 Å². The molecule has 3 aromatic rings. The van der Waals surface area contributed by atoms with E-state index in [0.717, 1.165) is 42.8 Å². The number of carbonyl (C=O) groups is 1. The van der Waals surface area contributed by atoms with Gasteiger partial charge in [0.25, 0.3) is 10.0 Å². The number of benzene rings is 2.